The predicted molar refractivity (Wildman–Crippen MR) is 102 cm³/mol. The molecule has 1 saturated carbocycles. The fourth-order valence-corrected chi connectivity index (χ4v) is 3.90. The van der Waals surface area contributed by atoms with Gasteiger partial charge in [0.15, 0.2) is 0 Å². The number of hydrogen-bond acceptors (Lipinski definition) is 2. The van der Waals surface area contributed by atoms with Gasteiger partial charge in [0.25, 0.3) is 5.91 Å². The van der Waals surface area contributed by atoms with Crippen LogP contribution >= 0.6 is 0 Å². The van der Waals surface area contributed by atoms with Gasteiger partial charge in [-0.25, -0.2) is 0 Å². The van der Waals surface area contributed by atoms with Crippen molar-refractivity contribution >= 4 is 27.8 Å². The summed E-state index contributed by atoms with van der Waals surface area (Å²) in [5.41, 5.74) is 9.51. The number of nitrogens with two attached hydrogens (primary N) is 1. The van der Waals surface area contributed by atoms with Gasteiger partial charge >= 0.3 is 0 Å². The van der Waals surface area contributed by atoms with E-state index in [0.717, 1.165) is 27.6 Å². The number of primary amides is 1. The van der Waals surface area contributed by atoms with Crippen LogP contribution in [0.4, 0.5) is 0 Å². The Hall–Kier alpha value is -3.01. The first-order valence-electron chi connectivity index (χ1n) is 8.95. The maximum Gasteiger partial charge on any atom is 0.250 e. The van der Waals surface area contributed by atoms with Gasteiger partial charge in [-0.3, -0.25) is 4.79 Å². The van der Waals surface area contributed by atoms with Gasteiger partial charge in [0, 0.05) is 17.0 Å². The third-order valence-corrected chi connectivity index (χ3v) is 5.62. The van der Waals surface area contributed by atoms with Crippen LogP contribution in [0.25, 0.3) is 21.9 Å². The molecule has 2 aromatic heterocycles. The lowest BCUT2D eigenvalue weighted by Crippen LogP contribution is -2.13. The van der Waals surface area contributed by atoms with Gasteiger partial charge in [0.2, 0.25) is 0 Å². The molecule has 130 valence electrons. The maximum atomic E-state index is 12.0. The lowest BCUT2D eigenvalue weighted by atomic mass is 9.97. The largest absolute Gasteiger partial charge is 0.459 e. The zero-order chi connectivity index (χ0) is 17.9. The Morgan fingerprint density at radius 3 is 2.73 bits per heavy atom. The average Bonchev–Trinajstić information content (AvgIpc) is 3.09. The normalized spacial score (nSPS) is 15.6. The van der Waals surface area contributed by atoms with E-state index in [1.165, 1.54) is 18.4 Å². The van der Waals surface area contributed by atoms with E-state index >= 15 is 0 Å². The van der Waals surface area contributed by atoms with E-state index in [-0.39, 0.29) is 5.41 Å². The van der Waals surface area contributed by atoms with Gasteiger partial charge < -0.3 is 14.7 Å². The van der Waals surface area contributed by atoms with Crippen molar-refractivity contribution in [2.24, 2.45) is 5.73 Å². The minimum Gasteiger partial charge on any atom is -0.459 e. The van der Waals surface area contributed by atoms with Crippen molar-refractivity contribution in [2.45, 2.75) is 31.7 Å². The second-order valence-electron chi connectivity index (χ2n) is 7.55. The number of carbonyl (C=O) groups excluding carboxylic acids is 1. The molecule has 0 atom stereocenters. The molecule has 1 aliphatic carbocycles. The minimum atomic E-state index is -0.396. The van der Waals surface area contributed by atoms with E-state index in [2.05, 4.69) is 29.8 Å². The molecule has 2 aromatic carbocycles. The quantitative estimate of drug-likeness (QED) is 0.589. The lowest BCUT2D eigenvalue weighted by molar-refractivity contribution is 0.100. The second-order valence-corrected chi connectivity index (χ2v) is 7.55. The third kappa shape index (κ3) is 2.25. The van der Waals surface area contributed by atoms with Crippen LogP contribution < -0.4 is 5.73 Å². The van der Waals surface area contributed by atoms with Crippen LogP contribution in [-0.4, -0.2) is 10.5 Å². The highest BCUT2D eigenvalue weighted by atomic mass is 16.3. The Bertz CT molecular complexity index is 1130. The van der Waals surface area contributed by atoms with Gasteiger partial charge in [-0.2, -0.15) is 0 Å². The summed E-state index contributed by atoms with van der Waals surface area (Å²) >= 11 is 0. The third-order valence-electron chi connectivity index (χ3n) is 5.62. The van der Waals surface area contributed by atoms with Crippen LogP contribution in [0.3, 0.4) is 0 Å². The van der Waals surface area contributed by atoms with Crippen molar-refractivity contribution in [2.75, 3.05) is 0 Å². The van der Waals surface area contributed by atoms with E-state index in [9.17, 15) is 4.79 Å². The SMILES string of the molecule is CC1(c2cn(Cc3cc4ccccc4o3)c3c(C(N)=O)cccc23)CC1. The molecule has 0 unspecified atom stereocenters. The fourth-order valence-electron chi connectivity index (χ4n) is 3.90. The number of rotatable bonds is 4. The molecule has 26 heavy (non-hydrogen) atoms. The van der Waals surface area contributed by atoms with Gasteiger partial charge in [-0.05, 0) is 42.0 Å². The summed E-state index contributed by atoms with van der Waals surface area (Å²) < 4.78 is 8.11. The molecule has 4 aromatic rings. The molecular weight excluding hydrogens is 324 g/mol. The van der Waals surface area contributed by atoms with Crippen molar-refractivity contribution in [3.05, 3.63) is 71.6 Å². The molecule has 1 fully saturated rings. The first-order valence-corrected chi connectivity index (χ1v) is 8.95. The number of nitrogens with zero attached hydrogens (tertiary/aromatic N) is 1. The number of hydrogen-bond donors (Lipinski definition) is 1. The van der Waals surface area contributed by atoms with E-state index in [1.807, 2.05) is 30.3 Å². The highest BCUT2D eigenvalue weighted by molar-refractivity contribution is 6.06. The van der Waals surface area contributed by atoms with Crippen molar-refractivity contribution < 1.29 is 9.21 Å². The first kappa shape index (κ1) is 15.3. The summed E-state index contributed by atoms with van der Waals surface area (Å²) in [5, 5.41) is 2.21. The number of carbonyl (C=O) groups is 1. The van der Waals surface area contributed by atoms with E-state index in [0.29, 0.717) is 12.1 Å². The summed E-state index contributed by atoms with van der Waals surface area (Å²) in [4.78, 5) is 12.0. The number of fused-ring (bicyclic) bond motifs is 2. The van der Waals surface area contributed by atoms with Crippen LogP contribution in [0.15, 0.2) is 59.1 Å². The van der Waals surface area contributed by atoms with Crippen LogP contribution in [0.1, 0.15) is 41.4 Å². The summed E-state index contributed by atoms with van der Waals surface area (Å²) in [7, 11) is 0. The molecular formula is C22H20N2O2. The lowest BCUT2D eigenvalue weighted by Gasteiger charge is -2.07. The summed E-state index contributed by atoms with van der Waals surface area (Å²) in [6.07, 6.45) is 4.53. The highest BCUT2D eigenvalue weighted by Gasteiger charge is 2.41. The van der Waals surface area contributed by atoms with Gasteiger partial charge in [-0.15, -0.1) is 0 Å². The molecule has 2 heterocycles. The topological polar surface area (TPSA) is 61.2 Å². The van der Waals surface area contributed by atoms with E-state index in [4.69, 9.17) is 10.2 Å². The molecule has 0 aliphatic heterocycles. The van der Waals surface area contributed by atoms with Crippen molar-refractivity contribution in [1.29, 1.82) is 0 Å². The van der Waals surface area contributed by atoms with E-state index in [1.54, 1.807) is 6.07 Å². The number of furan rings is 1. The number of amides is 1. The predicted octanol–water partition coefficient (Wildman–Crippen LogP) is 4.59. The van der Waals surface area contributed by atoms with Crippen molar-refractivity contribution in [3.63, 3.8) is 0 Å². The fraction of sp³-hybridized carbons (Fsp3) is 0.227. The molecule has 0 radical (unpaired) electrons. The molecule has 1 amide bonds. The molecule has 4 heteroatoms. The Balaban J connectivity index is 1.69. The van der Waals surface area contributed by atoms with Crippen molar-refractivity contribution in [3.8, 4) is 0 Å². The van der Waals surface area contributed by atoms with Gasteiger partial charge in [0.05, 0.1) is 17.6 Å². The van der Waals surface area contributed by atoms with Gasteiger partial charge in [0.1, 0.15) is 11.3 Å². The molecule has 0 saturated heterocycles. The van der Waals surface area contributed by atoms with Crippen LogP contribution in [-0.2, 0) is 12.0 Å². The Kier molecular flexibility index (Phi) is 3.08. The summed E-state index contributed by atoms with van der Waals surface area (Å²) in [6, 6.07) is 15.9. The second kappa shape index (κ2) is 5.24. The molecule has 1 aliphatic rings. The first-order chi connectivity index (χ1) is 12.5. The average molecular weight is 344 g/mol. The Morgan fingerprint density at radius 2 is 2.00 bits per heavy atom. The molecule has 0 spiro atoms. The Labute approximate surface area is 151 Å². The molecule has 5 rings (SSSR count). The monoisotopic (exact) mass is 344 g/mol. The summed E-state index contributed by atoms with van der Waals surface area (Å²) in [5.74, 6) is 0.474. The number of benzene rings is 2. The number of aromatic nitrogens is 1. The molecule has 2 N–H and O–H groups in total. The Morgan fingerprint density at radius 1 is 1.19 bits per heavy atom. The van der Waals surface area contributed by atoms with Crippen LogP contribution in [0, 0.1) is 0 Å². The minimum absolute atomic E-state index is 0.202. The smallest absolute Gasteiger partial charge is 0.250 e. The van der Waals surface area contributed by atoms with Gasteiger partial charge in [-0.1, -0.05) is 37.3 Å². The maximum absolute atomic E-state index is 12.0. The zero-order valence-electron chi connectivity index (χ0n) is 14.7. The van der Waals surface area contributed by atoms with Crippen LogP contribution in [0.5, 0.6) is 0 Å². The number of para-hydroxylation sites is 2. The molecule has 4 nitrogen and oxygen atoms in total. The van der Waals surface area contributed by atoms with E-state index < -0.39 is 5.91 Å². The molecule has 0 bridgehead atoms. The zero-order valence-corrected chi connectivity index (χ0v) is 14.7. The summed E-state index contributed by atoms with van der Waals surface area (Å²) in [6.45, 7) is 2.86. The standard InChI is InChI=1S/C22H20N2O2/c1-22(9-10-22)18-13-24(20-16(18)6-4-7-17(20)21(23)25)12-15-11-14-5-2-3-8-19(14)26-15/h2-8,11,13H,9-10,12H2,1H3,(H2,23,25). The van der Waals surface area contributed by atoms with Crippen molar-refractivity contribution in [1.82, 2.24) is 4.57 Å². The van der Waals surface area contributed by atoms with Crippen LogP contribution in [0.2, 0.25) is 0 Å². The highest BCUT2D eigenvalue weighted by Crippen LogP contribution is 2.50.